The molecule has 2 aromatic heterocycles. The third-order valence-corrected chi connectivity index (χ3v) is 2.99. The topological polar surface area (TPSA) is 70.9 Å². The van der Waals surface area contributed by atoms with E-state index in [9.17, 15) is 4.79 Å². The number of nitrogens with one attached hydrogen (secondary N) is 2. The van der Waals surface area contributed by atoms with Crippen molar-refractivity contribution in [2.75, 3.05) is 5.32 Å². The Hall–Kier alpha value is -1.56. The minimum Gasteiger partial charge on any atom is -0.360 e. The highest BCUT2D eigenvalue weighted by Crippen LogP contribution is 2.22. The Morgan fingerprint density at radius 2 is 2.25 bits per heavy atom. The Bertz CT molecular complexity index is 574. The molecule has 2 heterocycles. The first kappa shape index (κ1) is 10.9. The molecular weight excluding hydrogens is 274 g/mol. The Labute approximate surface area is 100.0 Å². The molecule has 0 aliphatic carbocycles. The molecule has 0 fully saturated rings. The van der Waals surface area contributed by atoms with Crippen LogP contribution >= 0.6 is 15.9 Å². The number of pyridine rings is 1. The lowest BCUT2D eigenvalue weighted by Gasteiger charge is -2.06. The summed E-state index contributed by atoms with van der Waals surface area (Å²) < 4.78 is 5.74. The van der Waals surface area contributed by atoms with Crippen molar-refractivity contribution in [1.29, 1.82) is 0 Å². The van der Waals surface area contributed by atoms with Gasteiger partial charge in [-0.25, -0.2) is 0 Å². The van der Waals surface area contributed by atoms with Crippen LogP contribution in [0.1, 0.15) is 11.3 Å². The molecule has 0 aliphatic rings. The molecule has 0 saturated heterocycles. The van der Waals surface area contributed by atoms with E-state index in [1.165, 1.54) is 0 Å². The minimum atomic E-state index is -0.193. The van der Waals surface area contributed by atoms with Gasteiger partial charge in [0, 0.05) is 16.7 Å². The second-order valence-corrected chi connectivity index (χ2v) is 4.27. The van der Waals surface area contributed by atoms with E-state index in [-0.39, 0.29) is 5.56 Å². The number of rotatable bonds is 2. The third kappa shape index (κ3) is 2.01. The number of aryl methyl sites for hydroxylation is 1. The number of anilines is 2. The van der Waals surface area contributed by atoms with Crippen LogP contribution in [0.3, 0.4) is 0 Å². The van der Waals surface area contributed by atoms with Gasteiger partial charge in [0.05, 0.1) is 0 Å². The standard InChI is InChI=1S/C10H10BrN3O2/c1-5-3-8(14-16-5)13-9-6(2)7(11)4-12-10(9)15/h3-4H,1-2H3,(H,12,15)(H,13,14). The van der Waals surface area contributed by atoms with Crippen molar-refractivity contribution in [2.24, 2.45) is 0 Å². The van der Waals surface area contributed by atoms with Gasteiger partial charge in [-0.05, 0) is 35.3 Å². The number of H-pyrrole nitrogens is 1. The van der Waals surface area contributed by atoms with Crippen molar-refractivity contribution >= 4 is 27.4 Å². The van der Waals surface area contributed by atoms with E-state index < -0.39 is 0 Å². The number of hydrogen-bond donors (Lipinski definition) is 2. The fourth-order valence-corrected chi connectivity index (χ4v) is 1.62. The average Bonchev–Trinajstić information content (AvgIpc) is 2.65. The van der Waals surface area contributed by atoms with Gasteiger partial charge >= 0.3 is 0 Å². The van der Waals surface area contributed by atoms with Gasteiger partial charge in [0.15, 0.2) is 5.82 Å². The zero-order valence-corrected chi connectivity index (χ0v) is 10.4. The minimum absolute atomic E-state index is 0.193. The molecule has 5 nitrogen and oxygen atoms in total. The summed E-state index contributed by atoms with van der Waals surface area (Å²) in [5, 5.41) is 6.69. The zero-order valence-electron chi connectivity index (χ0n) is 8.80. The van der Waals surface area contributed by atoms with Crippen molar-refractivity contribution in [3.63, 3.8) is 0 Å². The van der Waals surface area contributed by atoms with Gasteiger partial charge in [0.25, 0.3) is 5.56 Å². The summed E-state index contributed by atoms with van der Waals surface area (Å²) in [5.41, 5.74) is 1.09. The maximum absolute atomic E-state index is 11.6. The van der Waals surface area contributed by atoms with Crippen LogP contribution in [0.5, 0.6) is 0 Å². The lowest BCUT2D eigenvalue weighted by molar-refractivity contribution is 0.400. The highest BCUT2D eigenvalue weighted by Gasteiger charge is 2.09. The molecule has 0 unspecified atom stereocenters. The zero-order chi connectivity index (χ0) is 11.7. The normalized spacial score (nSPS) is 10.4. The Kier molecular flexibility index (Phi) is 2.82. The van der Waals surface area contributed by atoms with E-state index in [2.05, 4.69) is 31.4 Å². The van der Waals surface area contributed by atoms with Crippen LogP contribution in [0.15, 0.2) is 26.1 Å². The summed E-state index contributed by atoms with van der Waals surface area (Å²) in [5.74, 6) is 1.20. The first-order valence-corrected chi connectivity index (χ1v) is 5.45. The fraction of sp³-hybridized carbons (Fsp3) is 0.200. The molecule has 2 aromatic rings. The first-order chi connectivity index (χ1) is 7.58. The molecule has 0 atom stereocenters. The van der Waals surface area contributed by atoms with Crippen molar-refractivity contribution < 1.29 is 4.52 Å². The molecule has 0 bridgehead atoms. The molecule has 84 valence electrons. The number of halogens is 1. The number of hydrogen-bond acceptors (Lipinski definition) is 4. The molecule has 16 heavy (non-hydrogen) atoms. The molecule has 6 heteroatoms. The van der Waals surface area contributed by atoms with Crippen molar-refractivity contribution in [3.05, 3.63) is 38.4 Å². The number of nitrogens with zero attached hydrogens (tertiary/aromatic N) is 1. The molecular formula is C10H10BrN3O2. The van der Waals surface area contributed by atoms with Crippen LogP contribution < -0.4 is 10.9 Å². The molecule has 0 aromatic carbocycles. The number of aromatic nitrogens is 2. The lowest BCUT2D eigenvalue weighted by atomic mass is 10.2. The largest absolute Gasteiger partial charge is 0.360 e. The predicted molar refractivity (Wildman–Crippen MR) is 64.0 cm³/mol. The van der Waals surface area contributed by atoms with Gasteiger partial charge in [-0.1, -0.05) is 5.16 Å². The first-order valence-electron chi connectivity index (χ1n) is 4.66. The maximum Gasteiger partial charge on any atom is 0.272 e. The smallest absolute Gasteiger partial charge is 0.272 e. The molecule has 0 amide bonds. The summed E-state index contributed by atoms with van der Waals surface area (Å²) in [6.45, 7) is 3.63. The van der Waals surface area contributed by atoms with Crippen LogP contribution in [-0.2, 0) is 0 Å². The summed E-state index contributed by atoms with van der Waals surface area (Å²) in [7, 11) is 0. The van der Waals surface area contributed by atoms with Crippen LogP contribution in [0.4, 0.5) is 11.5 Å². The van der Waals surface area contributed by atoms with Crippen molar-refractivity contribution in [2.45, 2.75) is 13.8 Å². The molecule has 2 rings (SSSR count). The fourth-order valence-electron chi connectivity index (χ4n) is 1.30. The van der Waals surface area contributed by atoms with E-state index in [1.807, 2.05) is 6.92 Å². The number of aromatic amines is 1. The molecule has 2 N–H and O–H groups in total. The summed E-state index contributed by atoms with van der Waals surface area (Å²) in [6, 6.07) is 1.72. The SMILES string of the molecule is Cc1cc(Nc2c(C)c(Br)c[nH]c2=O)no1. The molecule has 0 aliphatic heterocycles. The Morgan fingerprint density at radius 1 is 1.50 bits per heavy atom. The van der Waals surface area contributed by atoms with Gasteiger partial charge < -0.3 is 14.8 Å². The van der Waals surface area contributed by atoms with Crippen molar-refractivity contribution in [3.8, 4) is 0 Å². The van der Waals surface area contributed by atoms with Crippen LogP contribution in [-0.4, -0.2) is 10.1 Å². The van der Waals surface area contributed by atoms with Gasteiger partial charge in [-0.3, -0.25) is 4.79 Å². The molecule has 0 radical (unpaired) electrons. The van der Waals surface area contributed by atoms with Gasteiger partial charge in [-0.15, -0.1) is 0 Å². The van der Waals surface area contributed by atoms with Gasteiger partial charge in [-0.2, -0.15) is 0 Å². The Balaban J connectivity index is 2.41. The van der Waals surface area contributed by atoms with Crippen LogP contribution in [0.2, 0.25) is 0 Å². The highest BCUT2D eigenvalue weighted by atomic mass is 79.9. The maximum atomic E-state index is 11.6. The van der Waals surface area contributed by atoms with E-state index >= 15 is 0 Å². The van der Waals surface area contributed by atoms with E-state index in [0.29, 0.717) is 17.3 Å². The van der Waals surface area contributed by atoms with Gasteiger partial charge in [0.1, 0.15) is 11.4 Å². The van der Waals surface area contributed by atoms with Crippen molar-refractivity contribution in [1.82, 2.24) is 10.1 Å². The van der Waals surface area contributed by atoms with Gasteiger partial charge in [0.2, 0.25) is 0 Å². The average molecular weight is 284 g/mol. The monoisotopic (exact) mass is 283 g/mol. The second kappa shape index (κ2) is 4.13. The molecule has 0 spiro atoms. The predicted octanol–water partition coefficient (Wildman–Crippen LogP) is 2.49. The highest BCUT2D eigenvalue weighted by molar-refractivity contribution is 9.10. The van der Waals surface area contributed by atoms with Crippen LogP contribution in [0.25, 0.3) is 0 Å². The Morgan fingerprint density at radius 3 is 2.88 bits per heavy atom. The van der Waals surface area contributed by atoms with E-state index in [0.717, 1.165) is 10.0 Å². The molecule has 0 saturated carbocycles. The van der Waals surface area contributed by atoms with E-state index in [1.54, 1.807) is 19.2 Å². The second-order valence-electron chi connectivity index (χ2n) is 3.41. The summed E-state index contributed by atoms with van der Waals surface area (Å²) in [6.07, 6.45) is 1.61. The van der Waals surface area contributed by atoms with Crippen LogP contribution in [0, 0.1) is 13.8 Å². The summed E-state index contributed by atoms with van der Waals surface area (Å²) >= 11 is 3.34. The lowest BCUT2D eigenvalue weighted by Crippen LogP contribution is -2.13. The van der Waals surface area contributed by atoms with E-state index in [4.69, 9.17) is 4.52 Å². The summed E-state index contributed by atoms with van der Waals surface area (Å²) in [4.78, 5) is 14.2. The quantitative estimate of drug-likeness (QED) is 0.888. The third-order valence-electron chi connectivity index (χ3n) is 2.17.